The minimum absolute atomic E-state index is 0.285. The molecule has 0 amide bonds. The van der Waals surface area contributed by atoms with Crippen LogP contribution < -0.4 is 5.73 Å². The molecule has 21 heavy (non-hydrogen) atoms. The van der Waals surface area contributed by atoms with Gasteiger partial charge in [-0.3, -0.25) is 0 Å². The fourth-order valence-electron chi connectivity index (χ4n) is 1.93. The first kappa shape index (κ1) is 16.1. The number of hydrogen-bond donors (Lipinski definition) is 1. The first-order chi connectivity index (χ1) is 10.0. The normalized spacial score (nSPS) is 12.0. The van der Waals surface area contributed by atoms with Gasteiger partial charge in [0.05, 0.1) is 11.2 Å². The lowest BCUT2D eigenvalue weighted by atomic mass is 10.2. The van der Waals surface area contributed by atoms with Crippen molar-refractivity contribution in [1.82, 2.24) is 9.29 Å². The topological polar surface area (TPSA) is 76.3 Å². The van der Waals surface area contributed by atoms with Crippen molar-refractivity contribution in [1.29, 1.82) is 0 Å². The monoisotopic (exact) mass is 325 g/mol. The van der Waals surface area contributed by atoms with Gasteiger partial charge in [-0.2, -0.15) is 4.31 Å². The number of aryl methyl sites for hydroxylation is 1. The number of rotatable bonds is 7. The molecule has 0 spiro atoms. The quantitative estimate of drug-likeness (QED) is 0.844. The lowest BCUT2D eigenvalue weighted by molar-refractivity contribution is 0.403. The largest absolute Gasteiger partial charge is 0.330 e. The van der Waals surface area contributed by atoms with E-state index in [-0.39, 0.29) is 4.21 Å². The summed E-state index contributed by atoms with van der Waals surface area (Å²) < 4.78 is 27.2. The SMILES string of the molecule is Cc1ncc(S(=O)(=O)N(CCCN)Cc2ccccc2)s1. The summed E-state index contributed by atoms with van der Waals surface area (Å²) in [5, 5.41) is 0.743. The molecule has 0 aliphatic carbocycles. The minimum Gasteiger partial charge on any atom is -0.330 e. The van der Waals surface area contributed by atoms with Gasteiger partial charge in [0.2, 0.25) is 0 Å². The molecule has 0 saturated heterocycles. The van der Waals surface area contributed by atoms with Crippen LogP contribution in [0, 0.1) is 6.92 Å². The van der Waals surface area contributed by atoms with E-state index in [4.69, 9.17) is 5.73 Å². The molecule has 0 unspecified atom stereocenters. The fourth-order valence-corrected chi connectivity index (χ4v) is 4.66. The lowest BCUT2D eigenvalue weighted by Gasteiger charge is -2.21. The molecule has 0 bridgehead atoms. The van der Waals surface area contributed by atoms with Crippen molar-refractivity contribution >= 4 is 21.4 Å². The van der Waals surface area contributed by atoms with Crippen LogP contribution in [0.2, 0.25) is 0 Å². The zero-order chi connectivity index (χ0) is 15.3. The van der Waals surface area contributed by atoms with E-state index in [0.29, 0.717) is 26.1 Å². The molecule has 0 atom stereocenters. The standard InChI is InChI=1S/C14H19N3O2S2/c1-12-16-10-14(20-12)21(18,19)17(9-5-8-15)11-13-6-3-2-4-7-13/h2-4,6-7,10H,5,8-9,11,15H2,1H3. The highest BCUT2D eigenvalue weighted by Gasteiger charge is 2.26. The van der Waals surface area contributed by atoms with Gasteiger partial charge in [-0.05, 0) is 25.5 Å². The molecule has 0 fully saturated rings. The Bertz CT molecular complexity index is 669. The molecule has 0 aliphatic rings. The molecule has 0 aliphatic heterocycles. The Hall–Kier alpha value is -1.28. The Morgan fingerprint density at radius 1 is 1.29 bits per heavy atom. The summed E-state index contributed by atoms with van der Waals surface area (Å²) in [7, 11) is -3.52. The number of nitrogens with zero attached hydrogens (tertiary/aromatic N) is 2. The second-order valence-electron chi connectivity index (χ2n) is 4.66. The van der Waals surface area contributed by atoms with E-state index in [0.717, 1.165) is 10.6 Å². The molecule has 1 aromatic carbocycles. The maximum Gasteiger partial charge on any atom is 0.254 e. The van der Waals surface area contributed by atoms with Crippen LogP contribution in [0.25, 0.3) is 0 Å². The second kappa shape index (κ2) is 7.13. The van der Waals surface area contributed by atoms with Crippen LogP contribution in [-0.4, -0.2) is 30.8 Å². The smallest absolute Gasteiger partial charge is 0.254 e. The predicted molar refractivity (Wildman–Crippen MR) is 84.6 cm³/mol. The van der Waals surface area contributed by atoms with Crippen LogP contribution in [0.3, 0.4) is 0 Å². The maximum atomic E-state index is 12.7. The molecule has 2 rings (SSSR count). The molecule has 5 nitrogen and oxygen atoms in total. The molecule has 2 aromatic rings. The number of nitrogens with two attached hydrogens (primary N) is 1. The van der Waals surface area contributed by atoms with Crippen molar-refractivity contribution in [3.63, 3.8) is 0 Å². The van der Waals surface area contributed by atoms with E-state index in [1.54, 1.807) is 6.92 Å². The first-order valence-corrected chi connectivity index (χ1v) is 8.96. The zero-order valence-electron chi connectivity index (χ0n) is 11.9. The summed E-state index contributed by atoms with van der Waals surface area (Å²) in [5.74, 6) is 0. The summed E-state index contributed by atoms with van der Waals surface area (Å²) in [4.78, 5) is 4.04. The summed E-state index contributed by atoms with van der Waals surface area (Å²) in [5.41, 5.74) is 6.48. The average molecular weight is 325 g/mol. The van der Waals surface area contributed by atoms with Crippen LogP contribution >= 0.6 is 11.3 Å². The Labute approximate surface area is 129 Å². The fraction of sp³-hybridized carbons (Fsp3) is 0.357. The van der Waals surface area contributed by atoms with Gasteiger partial charge in [-0.15, -0.1) is 11.3 Å². The van der Waals surface area contributed by atoms with E-state index < -0.39 is 10.0 Å². The molecule has 1 heterocycles. The van der Waals surface area contributed by atoms with Crippen LogP contribution in [0.1, 0.15) is 17.0 Å². The molecule has 0 radical (unpaired) electrons. The zero-order valence-corrected chi connectivity index (χ0v) is 13.5. The highest BCUT2D eigenvalue weighted by molar-refractivity contribution is 7.91. The number of thiazole rings is 1. The molecule has 1 aromatic heterocycles. The Morgan fingerprint density at radius 3 is 2.57 bits per heavy atom. The van der Waals surface area contributed by atoms with Gasteiger partial charge >= 0.3 is 0 Å². The molecular formula is C14H19N3O2S2. The number of sulfonamides is 1. The van der Waals surface area contributed by atoms with Crippen molar-refractivity contribution in [3.05, 3.63) is 47.1 Å². The molecule has 7 heteroatoms. The highest BCUT2D eigenvalue weighted by atomic mass is 32.2. The van der Waals surface area contributed by atoms with Crippen LogP contribution in [-0.2, 0) is 16.6 Å². The van der Waals surface area contributed by atoms with Crippen molar-refractivity contribution in [2.45, 2.75) is 24.1 Å². The van der Waals surface area contributed by atoms with E-state index in [2.05, 4.69) is 4.98 Å². The van der Waals surface area contributed by atoms with Crippen molar-refractivity contribution in [3.8, 4) is 0 Å². The second-order valence-corrected chi connectivity index (χ2v) is 8.06. The third-order valence-electron chi connectivity index (χ3n) is 3.01. The van der Waals surface area contributed by atoms with E-state index >= 15 is 0 Å². The van der Waals surface area contributed by atoms with Gasteiger partial charge in [-0.25, -0.2) is 13.4 Å². The van der Waals surface area contributed by atoms with Gasteiger partial charge < -0.3 is 5.73 Å². The molecule has 2 N–H and O–H groups in total. The predicted octanol–water partition coefficient (Wildman–Crippen LogP) is 1.99. The molecule has 0 saturated carbocycles. The van der Waals surface area contributed by atoms with E-state index in [1.807, 2.05) is 30.3 Å². The number of aromatic nitrogens is 1. The highest BCUT2D eigenvalue weighted by Crippen LogP contribution is 2.23. The van der Waals surface area contributed by atoms with Crippen LogP contribution in [0.4, 0.5) is 0 Å². The van der Waals surface area contributed by atoms with E-state index in [9.17, 15) is 8.42 Å². The van der Waals surface area contributed by atoms with Gasteiger partial charge in [0.15, 0.2) is 4.21 Å². The third-order valence-corrected chi connectivity index (χ3v) is 6.20. The van der Waals surface area contributed by atoms with E-state index in [1.165, 1.54) is 21.8 Å². The third kappa shape index (κ3) is 4.10. The Kier molecular flexibility index (Phi) is 5.46. The average Bonchev–Trinajstić information content (AvgIpc) is 2.92. The lowest BCUT2D eigenvalue weighted by Crippen LogP contribution is -2.32. The first-order valence-electron chi connectivity index (χ1n) is 6.70. The summed E-state index contributed by atoms with van der Waals surface area (Å²) in [6, 6.07) is 9.56. The minimum atomic E-state index is -3.52. The van der Waals surface area contributed by atoms with Gasteiger partial charge in [0.25, 0.3) is 10.0 Å². The summed E-state index contributed by atoms with van der Waals surface area (Å²) in [6.07, 6.45) is 2.06. The number of benzene rings is 1. The van der Waals surface area contributed by atoms with Crippen LogP contribution in [0.5, 0.6) is 0 Å². The van der Waals surface area contributed by atoms with Crippen molar-refractivity contribution in [2.24, 2.45) is 5.73 Å². The van der Waals surface area contributed by atoms with Gasteiger partial charge in [-0.1, -0.05) is 30.3 Å². The summed E-state index contributed by atoms with van der Waals surface area (Å²) in [6.45, 7) is 3.01. The Morgan fingerprint density at radius 2 is 2.00 bits per heavy atom. The van der Waals surface area contributed by atoms with Crippen molar-refractivity contribution < 1.29 is 8.42 Å². The van der Waals surface area contributed by atoms with Crippen molar-refractivity contribution in [2.75, 3.05) is 13.1 Å². The van der Waals surface area contributed by atoms with Gasteiger partial charge in [0, 0.05) is 13.1 Å². The van der Waals surface area contributed by atoms with Crippen LogP contribution in [0.15, 0.2) is 40.7 Å². The number of hydrogen-bond acceptors (Lipinski definition) is 5. The summed E-state index contributed by atoms with van der Waals surface area (Å²) >= 11 is 1.20. The molecular weight excluding hydrogens is 306 g/mol. The van der Waals surface area contributed by atoms with Gasteiger partial charge in [0.1, 0.15) is 0 Å². The Balaban J connectivity index is 2.26. The maximum absolute atomic E-state index is 12.7. The molecule has 114 valence electrons.